The molecule has 0 saturated carbocycles. The average molecular weight is 284 g/mol. The number of nitrogens with zero attached hydrogens (tertiary/aromatic N) is 1. The number of isocyanates is 1. The number of ether oxygens (including phenoxy) is 1. The van der Waals surface area contributed by atoms with Gasteiger partial charge in [0.05, 0.1) is 13.7 Å². The molecular weight excluding hydrogens is 270 g/mol. The van der Waals surface area contributed by atoms with Gasteiger partial charge in [-0.3, -0.25) is 0 Å². The van der Waals surface area contributed by atoms with E-state index in [0.717, 1.165) is 21.3 Å². The molecule has 0 atom stereocenters. The van der Waals surface area contributed by atoms with E-state index >= 15 is 0 Å². The SMILES string of the molecule is COc1cc(CN=C=O)cc(Br)c1C(C)C. The van der Waals surface area contributed by atoms with Crippen LogP contribution in [0.5, 0.6) is 5.75 Å². The molecular formula is C12H14BrNO2. The zero-order valence-electron chi connectivity index (χ0n) is 9.58. The lowest BCUT2D eigenvalue weighted by atomic mass is 10.0. The second-order valence-corrected chi connectivity index (χ2v) is 4.61. The van der Waals surface area contributed by atoms with Gasteiger partial charge in [0.2, 0.25) is 6.08 Å². The van der Waals surface area contributed by atoms with Gasteiger partial charge in [0.1, 0.15) is 5.75 Å². The first-order valence-electron chi connectivity index (χ1n) is 5.00. The van der Waals surface area contributed by atoms with Gasteiger partial charge >= 0.3 is 0 Å². The number of methoxy groups -OCH3 is 1. The Labute approximate surface area is 104 Å². The van der Waals surface area contributed by atoms with Gasteiger partial charge in [-0.05, 0) is 23.6 Å². The molecule has 0 spiro atoms. The predicted molar refractivity (Wildman–Crippen MR) is 66.6 cm³/mol. The van der Waals surface area contributed by atoms with Crippen molar-refractivity contribution in [3.8, 4) is 5.75 Å². The Morgan fingerprint density at radius 1 is 1.50 bits per heavy atom. The molecule has 1 aromatic rings. The minimum atomic E-state index is 0.330. The fourth-order valence-electron chi connectivity index (χ4n) is 1.59. The molecule has 0 N–H and O–H groups in total. The maximum atomic E-state index is 10.1. The first-order valence-corrected chi connectivity index (χ1v) is 5.79. The highest BCUT2D eigenvalue weighted by atomic mass is 79.9. The van der Waals surface area contributed by atoms with Gasteiger partial charge < -0.3 is 4.74 Å². The van der Waals surface area contributed by atoms with Gasteiger partial charge in [-0.1, -0.05) is 29.8 Å². The van der Waals surface area contributed by atoms with Crippen LogP contribution in [-0.2, 0) is 11.3 Å². The third-order valence-corrected chi connectivity index (χ3v) is 2.93. The normalized spacial score (nSPS) is 10.1. The van der Waals surface area contributed by atoms with Crippen molar-refractivity contribution >= 4 is 22.0 Å². The predicted octanol–water partition coefficient (Wildman–Crippen LogP) is 3.42. The molecule has 0 bridgehead atoms. The van der Waals surface area contributed by atoms with Crippen LogP contribution in [-0.4, -0.2) is 13.2 Å². The summed E-state index contributed by atoms with van der Waals surface area (Å²) in [6, 6.07) is 3.86. The van der Waals surface area contributed by atoms with E-state index in [9.17, 15) is 4.79 Å². The highest BCUT2D eigenvalue weighted by Gasteiger charge is 2.13. The molecule has 0 aromatic heterocycles. The minimum absolute atomic E-state index is 0.330. The van der Waals surface area contributed by atoms with Crippen molar-refractivity contribution in [1.29, 1.82) is 0 Å². The summed E-state index contributed by atoms with van der Waals surface area (Å²) < 4.78 is 6.32. The lowest BCUT2D eigenvalue weighted by Gasteiger charge is -2.15. The Hall–Kier alpha value is -1.12. The molecule has 0 unspecified atom stereocenters. The number of rotatable bonds is 4. The van der Waals surface area contributed by atoms with E-state index < -0.39 is 0 Å². The Morgan fingerprint density at radius 2 is 2.19 bits per heavy atom. The monoisotopic (exact) mass is 283 g/mol. The van der Waals surface area contributed by atoms with Crippen LogP contribution in [0.2, 0.25) is 0 Å². The molecule has 1 rings (SSSR count). The molecule has 0 saturated heterocycles. The van der Waals surface area contributed by atoms with Crippen molar-refractivity contribution in [1.82, 2.24) is 0 Å². The highest BCUT2D eigenvalue weighted by Crippen LogP contribution is 2.34. The van der Waals surface area contributed by atoms with Gasteiger partial charge in [0.25, 0.3) is 0 Å². The average Bonchev–Trinajstić information content (AvgIpc) is 2.24. The van der Waals surface area contributed by atoms with E-state index in [2.05, 4.69) is 34.8 Å². The number of hydrogen-bond donors (Lipinski definition) is 0. The van der Waals surface area contributed by atoms with Crippen LogP contribution in [0.1, 0.15) is 30.9 Å². The maximum Gasteiger partial charge on any atom is 0.235 e. The molecule has 0 aliphatic carbocycles. The number of halogens is 1. The Bertz CT molecular complexity index is 423. The van der Waals surface area contributed by atoms with Gasteiger partial charge in [0, 0.05) is 10.0 Å². The lowest BCUT2D eigenvalue weighted by molar-refractivity contribution is 0.406. The summed E-state index contributed by atoms with van der Waals surface area (Å²) in [5.41, 5.74) is 2.05. The second-order valence-electron chi connectivity index (χ2n) is 3.76. The summed E-state index contributed by atoms with van der Waals surface area (Å²) in [6.45, 7) is 4.54. The Balaban J connectivity index is 3.20. The van der Waals surface area contributed by atoms with E-state index in [-0.39, 0.29) is 0 Å². The highest BCUT2D eigenvalue weighted by molar-refractivity contribution is 9.10. The number of carbonyl (C=O) groups excluding carboxylic acids is 1. The molecule has 1 aromatic carbocycles. The van der Waals surface area contributed by atoms with Crippen LogP contribution >= 0.6 is 15.9 Å². The van der Waals surface area contributed by atoms with Crippen LogP contribution in [0, 0.1) is 0 Å². The molecule has 0 aliphatic rings. The standard InChI is InChI=1S/C12H14BrNO2/c1-8(2)12-10(13)4-9(6-14-7-15)5-11(12)16-3/h4-5,8H,6H2,1-3H3. The molecule has 0 aliphatic heterocycles. The summed E-state index contributed by atoms with van der Waals surface area (Å²) in [6.07, 6.45) is 1.53. The Kier molecular flexibility index (Phi) is 4.71. The molecule has 0 fully saturated rings. The van der Waals surface area contributed by atoms with Crippen molar-refractivity contribution < 1.29 is 9.53 Å². The van der Waals surface area contributed by atoms with E-state index in [4.69, 9.17) is 4.74 Å². The Morgan fingerprint density at radius 3 is 2.69 bits per heavy atom. The fraction of sp³-hybridized carbons (Fsp3) is 0.417. The summed E-state index contributed by atoms with van der Waals surface area (Å²) in [5.74, 6) is 1.19. The molecule has 0 heterocycles. The topological polar surface area (TPSA) is 38.7 Å². The summed E-state index contributed by atoms with van der Waals surface area (Å²) in [4.78, 5) is 13.6. The van der Waals surface area contributed by atoms with Gasteiger partial charge in [-0.25, -0.2) is 9.79 Å². The fourth-order valence-corrected chi connectivity index (χ4v) is 2.54. The van der Waals surface area contributed by atoms with Crippen LogP contribution in [0.25, 0.3) is 0 Å². The van der Waals surface area contributed by atoms with E-state index in [1.54, 1.807) is 7.11 Å². The molecule has 0 radical (unpaired) electrons. The third-order valence-electron chi connectivity index (χ3n) is 2.27. The summed E-state index contributed by atoms with van der Waals surface area (Å²) in [5, 5.41) is 0. The van der Waals surface area contributed by atoms with Crippen molar-refractivity contribution in [3.05, 3.63) is 27.7 Å². The second kappa shape index (κ2) is 5.83. The van der Waals surface area contributed by atoms with E-state index in [0.29, 0.717) is 12.5 Å². The van der Waals surface area contributed by atoms with Crippen LogP contribution in [0.3, 0.4) is 0 Å². The molecule has 0 amide bonds. The van der Waals surface area contributed by atoms with Crippen molar-refractivity contribution in [2.24, 2.45) is 4.99 Å². The summed E-state index contributed by atoms with van der Waals surface area (Å²) >= 11 is 3.51. The summed E-state index contributed by atoms with van der Waals surface area (Å²) in [7, 11) is 1.64. The van der Waals surface area contributed by atoms with Crippen LogP contribution in [0.15, 0.2) is 21.6 Å². The largest absolute Gasteiger partial charge is 0.496 e. The first kappa shape index (κ1) is 12.9. The quantitative estimate of drug-likeness (QED) is 0.627. The number of benzene rings is 1. The van der Waals surface area contributed by atoms with Crippen molar-refractivity contribution in [3.63, 3.8) is 0 Å². The lowest BCUT2D eigenvalue weighted by Crippen LogP contribution is -1.97. The third kappa shape index (κ3) is 2.94. The van der Waals surface area contributed by atoms with Crippen LogP contribution in [0.4, 0.5) is 0 Å². The maximum absolute atomic E-state index is 10.1. The molecule has 16 heavy (non-hydrogen) atoms. The van der Waals surface area contributed by atoms with Gasteiger partial charge in [-0.15, -0.1) is 0 Å². The zero-order valence-corrected chi connectivity index (χ0v) is 11.2. The van der Waals surface area contributed by atoms with Gasteiger partial charge in [0.15, 0.2) is 0 Å². The molecule has 4 heteroatoms. The number of aliphatic imine (C=N–C) groups is 1. The van der Waals surface area contributed by atoms with Crippen molar-refractivity contribution in [2.45, 2.75) is 26.3 Å². The zero-order chi connectivity index (χ0) is 12.1. The first-order chi connectivity index (χ1) is 7.60. The van der Waals surface area contributed by atoms with E-state index in [1.807, 2.05) is 12.1 Å². The van der Waals surface area contributed by atoms with E-state index in [1.165, 1.54) is 6.08 Å². The molecule has 3 nitrogen and oxygen atoms in total. The number of hydrogen-bond acceptors (Lipinski definition) is 3. The van der Waals surface area contributed by atoms with Gasteiger partial charge in [-0.2, -0.15) is 0 Å². The van der Waals surface area contributed by atoms with Crippen molar-refractivity contribution in [2.75, 3.05) is 7.11 Å². The molecule has 86 valence electrons. The smallest absolute Gasteiger partial charge is 0.235 e. The minimum Gasteiger partial charge on any atom is -0.496 e. The van der Waals surface area contributed by atoms with Crippen LogP contribution < -0.4 is 4.74 Å².